The fourth-order valence-corrected chi connectivity index (χ4v) is 1.34. The first kappa shape index (κ1) is 9.82. The van der Waals surface area contributed by atoms with Crippen molar-refractivity contribution in [1.82, 2.24) is 0 Å². The van der Waals surface area contributed by atoms with Gasteiger partial charge in [-0.15, -0.1) is 0 Å². The minimum atomic E-state index is 0.925. The van der Waals surface area contributed by atoms with Gasteiger partial charge in [0, 0.05) is 34.4 Å². The average Bonchev–Trinajstić information content (AvgIpc) is 1.97. The Morgan fingerprint density at radius 1 is 0.900 bits per heavy atom. The van der Waals surface area contributed by atoms with Crippen molar-refractivity contribution in [2.24, 2.45) is 0 Å². The molecule has 0 aliphatic carbocycles. The smallest absolute Gasteiger partial charge is 0.00795 e. The first-order valence-electron chi connectivity index (χ1n) is 3.20. The molecule has 0 radical (unpaired) electrons. The highest BCUT2D eigenvalue weighted by atomic mass is 33.1. The molecule has 0 saturated heterocycles. The van der Waals surface area contributed by atoms with Crippen LogP contribution in [0, 0.1) is 22.3 Å². The van der Waals surface area contributed by atoms with Gasteiger partial charge in [-0.3, -0.25) is 0 Å². The van der Waals surface area contributed by atoms with Crippen LogP contribution < -0.4 is 0 Å². The van der Waals surface area contributed by atoms with Crippen molar-refractivity contribution < 1.29 is 0 Å². The van der Waals surface area contributed by atoms with Crippen LogP contribution in [0.3, 0.4) is 0 Å². The first-order chi connectivity index (χ1) is 4.91. The van der Waals surface area contributed by atoms with Crippen LogP contribution in [0.4, 0.5) is 0 Å². The van der Waals surface area contributed by atoms with Crippen LogP contribution in [-0.4, -0.2) is 0 Å². The number of hydrogen-bond acceptors (Lipinski definition) is 2. The van der Waals surface area contributed by atoms with Crippen LogP contribution in [0.15, 0.2) is 0 Å². The zero-order valence-corrected chi connectivity index (χ0v) is 7.86. The molecule has 0 nitrogen and oxygen atoms in total. The second-order valence-electron chi connectivity index (χ2n) is 1.43. The average molecular weight is 170 g/mol. The van der Waals surface area contributed by atoms with Gasteiger partial charge < -0.3 is 0 Å². The lowest BCUT2D eigenvalue weighted by molar-refractivity contribution is 1.28. The minimum Gasteiger partial charge on any atom is -0.0907 e. The monoisotopic (exact) mass is 170 g/mol. The largest absolute Gasteiger partial charge is 0.0907 e. The summed E-state index contributed by atoms with van der Waals surface area (Å²) >= 11 is 0. The van der Waals surface area contributed by atoms with Gasteiger partial charge in [0.1, 0.15) is 0 Å². The first-order valence-corrected chi connectivity index (χ1v) is 5.35. The summed E-state index contributed by atoms with van der Waals surface area (Å²) in [6.45, 7) is 4.08. The Morgan fingerprint density at radius 2 is 1.30 bits per heavy atom. The van der Waals surface area contributed by atoms with E-state index in [1.807, 2.05) is 13.8 Å². The number of rotatable bonds is 1. The van der Waals surface area contributed by atoms with Gasteiger partial charge in [0.25, 0.3) is 0 Å². The fourth-order valence-electron chi connectivity index (χ4n) is 0.245. The molecule has 0 N–H and O–H groups in total. The maximum Gasteiger partial charge on any atom is 0.00795 e. The summed E-state index contributed by atoms with van der Waals surface area (Å²) in [6.07, 6.45) is 1.85. The van der Waals surface area contributed by atoms with E-state index < -0.39 is 0 Å². The summed E-state index contributed by atoms with van der Waals surface area (Å²) in [5.74, 6) is 5.90. The molecule has 0 rings (SSSR count). The summed E-state index contributed by atoms with van der Waals surface area (Å²) in [5.41, 5.74) is 0. The van der Waals surface area contributed by atoms with Crippen molar-refractivity contribution in [3.63, 3.8) is 0 Å². The van der Waals surface area contributed by atoms with Crippen molar-refractivity contribution in [3.8, 4) is 22.3 Å². The molecule has 0 aromatic carbocycles. The van der Waals surface area contributed by atoms with Gasteiger partial charge >= 0.3 is 0 Å². The lowest BCUT2D eigenvalue weighted by Gasteiger charge is -1.75. The van der Waals surface area contributed by atoms with Crippen LogP contribution >= 0.6 is 21.6 Å². The summed E-state index contributed by atoms with van der Waals surface area (Å²) in [5, 5.41) is 5.84. The van der Waals surface area contributed by atoms with E-state index in [0.29, 0.717) is 0 Å². The summed E-state index contributed by atoms with van der Waals surface area (Å²) in [4.78, 5) is 0. The Balaban J connectivity index is 3.20. The summed E-state index contributed by atoms with van der Waals surface area (Å²) in [6, 6.07) is 0. The van der Waals surface area contributed by atoms with E-state index >= 15 is 0 Å². The molecule has 0 aliphatic heterocycles. The Kier molecular flexibility index (Phi) is 8.66. The van der Waals surface area contributed by atoms with Gasteiger partial charge in [-0.1, -0.05) is 25.7 Å². The van der Waals surface area contributed by atoms with E-state index in [1.54, 1.807) is 0 Å². The molecule has 0 aromatic rings. The molecule has 0 saturated carbocycles. The van der Waals surface area contributed by atoms with E-state index in [1.165, 1.54) is 21.6 Å². The number of hydrogen-bond donors (Lipinski definition) is 0. The third kappa shape index (κ3) is 7.82. The van der Waals surface area contributed by atoms with Crippen molar-refractivity contribution in [1.29, 1.82) is 0 Å². The lowest BCUT2D eigenvalue weighted by atomic mass is 10.5. The molecular weight excluding hydrogens is 160 g/mol. The van der Waals surface area contributed by atoms with Gasteiger partial charge in [-0.05, 0) is 10.5 Å². The zero-order valence-electron chi connectivity index (χ0n) is 6.23. The van der Waals surface area contributed by atoms with Crippen LogP contribution in [0.25, 0.3) is 0 Å². The van der Waals surface area contributed by atoms with Crippen LogP contribution in [0.2, 0.25) is 0 Å². The fraction of sp³-hybridized carbons (Fsp3) is 0.500. The van der Waals surface area contributed by atoms with E-state index in [4.69, 9.17) is 0 Å². The van der Waals surface area contributed by atoms with Gasteiger partial charge in [0.2, 0.25) is 0 Å². The molecule has 2 heteroatoms. The van der Waals surface area contributed by atoms with Gasteiger partial charge in [-0.25, -0.2) is 0 Å². The third-order valence-electron chi connectivity index (χ3n) is 0.623. The van der Waals surface area contributed by atoms with Crippen molar-refractivity contribution >= 4 is 21.6 Å². The van der Waals surface area contributed by atoms with Crippen molar-refractivity contribution in [2.75, 3.05) is 0 Å². The zero-order chi connectivity index (χ0) is 7.66. The molecule has 0 heterocycles. The van der Waals surface area contributed by atoms with Crippen molar-refractivity contribution in [2.45, 2.75) is 26.7 Å². The van der Waals surface area contributed by atoms with E-state index in [2.05, 4.69) is 22.3 Å². The molecule has 0 spiro atoms. The molecule has 0 unspecified atom stereocenters. The highest BCUT2D eigenvalue weighted by Crippen LogP contribution is 2.17. The predicted octanol–water partition coefficient (Wildman–Crippen LogP) is 3.11. The van der Waals surface area contributed by atoms with E-state index in [0.717, 1.165) is 12.8 Å². The predicted molar refractivity (Wildman–Crippen MR) is 51.3 cm³/mol. The van der Waals surface area contributed by atoms with Gasteiger partial charge in [0.05, 0.1) is 0 Å². The normalized spacial score (nSPS) is 7.00. The van der Waals surface area contributed by atoms with Crippen molar-refractivity contribution in [3.05, 3.63) is 0 Å². The van der Waals surface area contributed by atoms with Crippen LogP contribution in [-0.2, 0) is 0 Å². The maximum absolute atomic E-state index is 2.95. The second-order valence-corrected chi connectivity index (χ2v) is 3.17. The quantitative estimate of drug-likeness (QED) is 0.337. The van der Waals surface area contributed by atoms with Gasteiger partial charge in [-0.2, -0.15) is 0 Å². The standard InChI is InChI=1S/C8H10S2/c1-3-5-7-9-10-8-6-4-2/h3-4H2,1-2H3. The minimum absolute atomic E-state index is 0.925. The topological polar surface area (TPSA) is 0 Å². The Morgan fingerprint density at radius 3 is 1.60 bits per heavy atom. The highest BCUT2D eigenvalue weighted by Gasteiger charge is 1.73. The second kappa shape index (κ2) is 8.82. The Hall–Kier alpha value is -0.180. The Bertz CT molecular complexity index is 153. The summed E-state index contributed by atoms with van der Waals surface area (Å²) < 4.78 is 0. The third-order valence-corrected chi connectivity index (χ3v) is 1.91. The molecule has 0 aromatic heterocycles. The van der Waals surface area contributed by atoms with E-state index in [-0.39, 0.29) is 0 Å². The molecule has 0 fully saturated rings. The SMILES string of the molecule is CCC#CSSC#CCC. The van der Waals surface area contributed by atoms with Crippen LogP contribution in [0.5, 0.6) is 0 Å². The molecule has 0 amide bonds. The lowest BCUT2D eigenvalue weighted by Crippen LogP contribution is -1.50. The molecule has 10 heavy (non-hydrogen) atoms. The maximum atomic E-state index is 2.95. The molecule has 54 valence electrons. The molecular formula is C8H10S2. The van der Waals surface area contributed by atoms with Crippen LogP contribution in [0.1, 0.15) is 26.7 Å². The molecule has 0 atom stereocenters. The highest BCUT2D eigenvalue weighted by molar-refractivity contribution is 8.80. The molecule has 0 aliphatic rings. The van der Waals surface area contributed by atoms with E-state index in [9.17, 15) is 0 Å². The summed E-state index contributed by atoms with van der Waals surface area (Å²) in [7, 11) is 3.00. The molecule has 0 bridgehead atoms. The van der Waals surface area contributed by atoms with Gasteiger partial charge in [0.15, 0.2) is 0 Å². The Labute approximate surface area is 70.9 Å².